The summed E-state index contributed by atoms with van der Waals surface area (Å²) in [6.45, 7) is 12.0. The summed E-state index contributed by atoms with van der Waals surface area (Å²) in [5.74, 6) is 1.30. The van der Waals surface area contributed by atoms with Crippen LogP contribution in [0.1, 0.15) is 84.9 Å². The minimum Gasteiger partial charge on any atom is -0.444 e. The van der Waals surface area contributed by atoms with Gasteiger partial charge in [0.05, 0.1) is 12.4 Å². The fourth-order valence-corrected chi connectivity index (χ4v) is 4.80. The lowest BCUT2D eigenvalue weighted by Gasteiger charge is -2.30. The van der Waals surface area contributed by atoms with Gasteiger partial charge in [-0.3, -0.25) is 0 Å². The summed E-state index contributed by atoms with van der Waals surface area (Å²) in [5.41, 5.74) is 2.22. The number of imidazole rings is 1. The number of benzene rings is 1. The summed E-state index contributed by atoms with van der Waals surface area (Å²) >= 11 is 3.50. The van der Waals surface area contributed by atoms with Crippen molar-refractivity contribution in [2.24, 2.45) is 0 Å². The van der Waals surface area contributed by atoms with Gasteiger partial charge >= 0.3 is 6.09 Å². The molecule has 1 amide bonds. The molecule has 37 heavy (non-hydrogen) atoms. The summed E-state index contributed by atoms with van der Waals surface area (Å²) in [6, 6.07) is 8.86. The van der Waals surface area contributed by atoms with Crippen LogP contribution in [-0.2, 0) is 4.74 Å². The van der Waals surface area contributed by atoms with Crippen LogP contribution in [-0.4, -0.2) is 43.3 Å². The smallest absolute Gasteiger partial charge is 0.407 e. The van der Waals surface area contributed by atoms with Crippen LogP contribution in [0, 0.1) is 0 Å². The van der Waals surface area contributed by atoms with E-state index in [0.29, 0.717) is 11.8 Å². The molecule has 1 fully saturated rings. The Labute approximate surface area is 227 Å². The number of anilines is 2. The van der Waals surface area contributed by atoms with E-state index >= 15 is 0 Å². The van der Waals surface area contributed by atoms with E-state index in [1.165, 1.54) is 0 Å². The van der Waals surface area contributed by atoms with Crippen molar-refractivity contribution in [3.05, 3.63) is 40.6 Å². The van der Waals surface area contributed by atoms with Gasteiger partial charge in [0.15, 0.2) is 17.0 Å². The number of nitrogens with one attached hydrogen (secondary N) is 3. The van der Waals surface area contributed by atoms with Crippen molar-refractivity contribution in [3.63, 3.8) is 0 Å². The molecule has 200 valence electrons. The number of hydrogen-bond acceptors (Lipinski definition) is 7. The Balaban J connectivity index is 1.48. The first kappa shape index (κ1) is 27.2. The van der Waals surface area contributed by atoms with Gasteiger partial charge in [-0.15, -0.1) is 0 Å². The largest absolute Gasteiger partial charge is 0.444 e. The number of carbonyl (C=O) groups is 1. The quantitative estimate of drug-likeness (QED) is 0.293. The monoisotopic (exact) mass is 571 g/mol. The second-order valence-corrected chi connectivity index (χ2v) is 12.0. The maximum absolute atomic E-state index is 12.1. The second-order valence-electron chi connectivity index (χ2n) is 11.1. The maximum atomic E-state index is 12.1. The predicted molar refractivity (Wildman–Crippen MR) is 151 cm³/mol. The zero-order chi connectivity index (χ0) is 26.7. The molecule has 1 aliphatic carbocycles. The van der Waals surface area contributed by atoms with E-state index in [0.717, 1.165) is 46.9 Å². The Morgan fingerprint density at radius 2 is 1.70 bits per heavy atom. The van der Waals surface area contributed by atoms with Crippen molar-refractivity contribution in [3.8, 4) is 0 Å². The minimum atomic E-state index is -0.498. The number of hydrogen-bond donors (Lipinski definition) is 3. The third-order valence-electron chi connectivity index (χ3n) is 6.48. The normalized spacial score (nSPS) is 19.0. The van der Waals surface area contributed by atoms with Gasteiger partial charge in [-0.1, -0.05) is 28.1 Å². The summed E-state index contributed by atoms with van der Waals surface area (Å²) in [4.78, 5) is 26.5. The highest BCUT2D eigenvalue weighted by atomic mass is 79.9. The number of aromatic nitrogens is 4. The number of nitrogens with zero attached hydrogens (tertiary/aromatic N) is 4. The molecule has 3 N–H and O–H groups in total. The van der Waals surface area contributed by atoms with E-state index in [9.17, 15) is 4.79 Å². The predicted octanol–water partition coefficient (Wildman–Crippen LogP) is 6.59. The summed E-state index contributed by atoms with van der Waals surface area (Å²) < 4.78 is 8.52. The molecule has 1 aromatic carbocycles. The molecule has 3 aromatic rings. The third kappa shape index (κ3) is 7.12. The molecule has 1 unspecified atom stereocenters. The van der Waals surface area contributed by atoms with Gasteiger partial charge in [0.1, 0.15) is 5.60 Å². The number of fused-ring (bicyclic) bond motifs is 1. The first-order chi connectivity index (χ1) is 17.5. The second kappa shape index (κ2) is 11.2. The lowest BCUT2D eigenvalue weighted by atomic mass is 9.91. The van der Waals surface area contributed by atoms with Crippen LogP contribution in [0.3, 0.4) is 0 Å². The molecule has 1 atom stereocenters. The van der Waals surface area contributed by atoms with Crippen molar-refractivity contribution >= 4 is 45.0 Å². The fourth-order valence-electron chi connectivity index (χ4n) is 4.54. The highest BCUT2D eigenvalue weighted by Gasteiger charge is 2.26. The van der Waals surface area contributed by atoms with E-state index in [2.05, 4.69) is 74.3 Å². The van der Waals surface area contributed by atoms with Crippen molar-refractivity contribution < 1.29 is 9.53 Å². The van der Waals surface area contributed by atoms with Crippen LogP contribution in [0.15, 0.2) is 35.1 Å². The van der Waals surface area contributed by atoms with Crippen molar-refractivity contribution in [1.82, 2.24) is 24.8 Å². The zero-order valence-corrected chi connectivity index (χ0v) is 24.1. The average molecular weight is 573 g/mol. The van der Waals surface area contributed by atoms with E-state index in [-0.39, 0.29) is 30.3 Å². The number of carbonyl (C=O) groups excluding carboxylic acids is 1. The summed E-state index contributed by atoms with van der Waals surface area (Å²) in [6.07, 6.45) is 5.03. The molecular formula is C27H38BrN7O2. The van der Waals surface area contributed by atoms with E-state index in [1.54, 1.807) is 0 Å². The Morgan fingerprint density at radius 3 is 2.32 bits per heavy atom. The standard InChI is InChI=1S/C27H38BrN7O2/c1-16(2)35-15-29-22-23(30-17(3)18-7-9-19(28)10-8-18)33-25(34-24(22)35)31-20-11-13-21(14-12-20)32-26(36)37-27(4,5)6/h7-10,15-17,20-21H,11-14H2,1-6H3,(H,32,36)(H2,30,31,33,34). The molecule has 0 bridgehead atoms. The van der Waals surface area contributed by atoms with Gasteiger partial charge < -0.3 is 25.3 Å². The molecular weight excluding hydrogens is 534 g/mol. The number of halogens is 1. The van der Waals surface area contributed by atoms with Gasteiger partial charge in [-0.25, -0.2) is 9.78 Å². The van der Waals surface area contributed by atoms with Crippen LogP contribution in [0.2, 0.25) is 0 Å². The van der Waals surface area contributed by atoms with Crippen molar-refractivity contribution in [2.45, 2.75) is 97.0 Å². The van der Waals surface area contributed by atoms with Crippen LogP contribution in [0.5, 0.6) is 0 Å². The molecule has 0 aliphatic heterocycles. The first-order valence-electron chi connectivity index (χ1n) is 13.0. The zero-order valence-electron chi connectivity index (χ0n) is 22.5. The van der Waals surface area contributed by atoms with E-state index in [4.69, 9.17) is 14.7 Å². The molecule has 4 rings (SSSR count). The topological polar surface area (TPSA) is 106 Å². The molecule has 1 saturated carbocycles. The van der Waals surface area contributed by atoms with Crippen molar-refractivity contribution in [1.29, 1.82) is 0 Å². The number of amides is 1. The van der Waals surface area contributed by atoms with Gasteiger partial charge in [-0.05, 0) is 84.9 Å². The molecule has 0 saturated heterocycles. The van der Waals surface area contributed by atoms with Crippen LogP contribution < -0.4 is 16.0 Å². The Morgan fingerprint density at radius 1 is 1.05 bits per heavy atom. The highest BCUT2D eigenvalue weighted by Crippen LogP contribution is 2.29. The van der Waals surface area contributed by atoms with Crippen LogP contribution >= 0.6 is 15.9 Å². The van der Waals surface area contributed by atoms with Gasteiger partial charge in [0, 0.05) is 22.6 Å². The number of alkyl carbamates (subject to hydrolysis) is 1. The number of ether oxygens (including phenoxy) is 1. The summed E-state index contributed by atoms with van der Waals surface area (Å²) in [7, 11) is 0. The fraction of sp³-hybridized carbons (Fsp3) is 0.556. The third-order valence-corrected chi connectivity index (χ3v) is 7.01. The number of rotatable bonds is 7. The molecule has 9 nitrogen and oxygen atoms in total. The SMILES string of the molecule is CC(Nc1nc(NC2CCC(NC(=O)OC(C)(C)C)CC2)nc2c1ncn2C(C)C)c1ccc(Br)cc1. The molecule has 10 heteroatoms. The Hall–Kier alpha value is -2.88. The molecule has 0 radical (unpaired) electrons. The molecule has 0 spiro atoms. The average Bonchev–Trinajstić information content (AvgIpc) is 3.24. The lowest BCUT2D eigenvalue weighted by Crippen LogP contribution is -2.42. The lowest BCUT2D eigenvalue weighted by molar-refractivity contribution is 0.0492. The van der Waals surface area contributed by atoms with Crippen LogP contribution in [0.4, 0.5) is 16.6 Å². The van der Waals surface area contributed by atoms with Gasteiger partial charge in [-0.2, -0.15) is 9.97 Å². The van der Waals surface area contributed by atoms with Gasteiger partial charge in [0.25, 0.3) is 0 Å². The molecule has 1 aliphatic rings. The Bertz CT molecular complexity index is 1210. The summed E-state index contributed by atoms with van der Waals surface area (Å²) in [5, 5.41) is 10.1. The van der Waals surface area contributed by atoms with Crippen LogP contribution in [0.25, 0.3) is 11.2 Å². The Kier molecular flexibility index (Phi) is 8.26. The van der Waals surface area contributed by atoms with E-state index < -0.39 is 5.60 Å². The van der Waals surface area contributed by atoms with Crippen molar-refractivity contribution in [2.75, 3.05) is 10.6 Å². The minimum absolute atomic E-state index is 0.0395. The molecule has 2 heterocycles. The van der Waals surface area contributed by atoms with Gasteiger partial charge in [0.2, 0.25) is 5.95 Å². The molecule has 2 aromatic heterocycles. The first-order valence-corrected chi connectivity index (χ1v) is 13.8. The maximum Gasteiger partial charge on any atom is 0.407 e. The highest BCUT2D eigenvalue weighted by molar-refractivity contribution is 9.10. The van der Waals surface area contributed by atoms with E-state index in [1.807, 2.05) is 39.2 Å².